The molecule has 0 aliphatic rings. The summed E-state index contributed by atoms with van der Waals surface area (Å²) in [6.45, 7) is 9.02. The van der Waals surface area contributed by atoms with Gasteiger partial charge in [-0.05, 0) is 51.4 Å². The first kappa shape index (κ1) is 53.8. The van der Waals surface area contributed by atoms with Crippen LogP contribution in [-0.4, -0.2) is 114 Å². The van der Waals surface area contributed by atoms with Crippen molar-refractivity contribution in [1.29, 1.82) is 0 Å². The number of ether oxygens (including phenoxy) is 4. The molecular weight excluding hydrogens is 709 g/mol. The number of esters is 4. The summed E-state index contributed by atoms with van der Waals surface area (Å²) in [4.78, 5) is 45.9. The van der Waals surface area contributed by atoms with E-state index in [4.69, 9.17) is 18.9 Å². The maximum absolute atomic E-state index is 12.0. The van der Waals surface area contributed by atoms with Crippen molar-refractivity contribution in [2.75, 3.05) is 80.8 Å². The SMILES string of the molecule is CC(=O)OCC[N+](C)(C)CCCCCCCCCCCOC(=O)CCCCCCCCCCC(=O)OCCCCCCCCCCC[N+](C)(C)CCOC(C)=O. The number of rotatable bonds is 41. The van der Waals surface area contributed by atoms with Gasteiger partial charge >= 0.3 is 23.9 Å². The number of carbonyl (C=O) groups is 4. The fraction of sp³-hybridized carbons (Fsp3) is 0.913. The first-order chi connectivity index (χ1) is 26.8. The van der Waals surface area contributed by atoms with E-state index in [1.54, 1.807) is 0 Å². The Kier molecular flexibility index (Phi) is 35.6. The summed E-state index contributed by atoms with van der Waals surface area (Å²) in [7, 11) is 8.80. The minimum atomic E-state index is -0.199. The molecule has 0 aliphatic heterocycles. The standard InChI is InChI=1S/C46H90N2O8/c1-43(49)53-41-37-47(3,4)35-29-23-17-11-7-13-19-25-31-39-55-45(51)33-27-21-15-9-10-16-22-28-34-46(52)56-40-32-26-20-14-8-12-18-24-30-36-48(5,6)38-42-54-44(2)50/h7-42H2,1-6H3/q+2. The molecule has 330 valence electrons. The van der Waals surface area contributed by atoms with Crippen LogP contribution >= 0.6 is 0 Å². The maximum atomic E-state index is 12.0. The Morgan fingerprint density at radius 1 is 0.304 bits per heavy atom. The lowest BCUT2D eigenvalue weighted by Crippen LogP contribution is -2.43. The van der Waals surface area contributed by atoms with Gasteiger partial charge in [0, 0.05) is 26.7 Å². The lowest BCUT2D eigenvalue weighted by molar-refractivity contribution is -0.890. The van der Waals surface area contributed by atoms with Crippen molar-refractivity contribution in [2.24, 2.45) is 0 Å². The van der Waals surface area contributed by atoms with Gasteiger partial charge in [0.05, 0.1) is 54.5 Å². The van der Waals surface area contributed by atoms with Gasteiger partial charge in [0.2, 0.25) is 0 Å². The molecule has 0 atom stereocenters. The molecule has 0 saturated carbocycles. The highest BCUT2D eigenvalue weighted by Gasteiger charge is 2.16. The zero-order chi connectivity index (χ0) is 41.6. The molecule has 56 heavy (non-hydrogen) atoms. The van der Waals surface area contributed by atoms with Gasteiger partial charge in [-0.15, -0.1) is 0 Å². The summed E-state index contributed by atoms with van der Waals surface area (Å²) < 4.78 is 22.8. The number of carbonyl (C=O) groups excluding carboxylic acids is 4. The molecule has 0 aliphatic carbocycles. The third-order valence-corrected chi connectivity index (χ3v) is 10.9. The van der Waals surface area contributed by atoms with Crippen LogP contribution in [0.1, 0.15) is 194 Å². The zero-order valence-corrected chi connectivity index (χ0v) is 37.6. The van der Waals surface area contributed by atoms with Gasteiger partial charge in [-0.3, -0.25) is 19.2 Å². The van der Waals surface area contributed by atoms with Crippen LogP contribution in [0.4, 0.5) is 0 Å². The Balaban J connectivity index is 3.37. The summed E-state index contributed by atoms with van der Waals surface area (Å²) in [6, 6.07) is 0. The highest BCUT2D eigenvalue weighted by Crippen LogP contribution is 2.15. The van der Waals surface area contributed by atoms with Gasteiger partial charge in [-0.1, -0.05) is 116 Å². The largest absolute Gasteiger partial charge is 0.466 e. The second kappa shape index (κ2) is 37.1. The number of unbranched alkanes of at least 4 members (excludes halogenated alkanes) is 23. The predicted octanol–water partition coefficient (Wildman–Crippen LogP) is 10.3. The highest BCUT2D eigenvalue weighted by molar-refractivity contribution is 5.69. The van der Waals surface area contributed by atoms with Crippen LogP contribution in [0.2, 0.25) is 0 Å². The molecule has 10 nitrogen and oxygen atoms in total. The molecule has 0 fully saturated rings. The minimum absolute atomic E-state index is 0.0470. The first-order valence-corrected chi connectivity index (χ1v) is 23.0. The van der Waals surface area contributed by atoms with Crippen LogP contribution in [0.5, 0.6) is 0 Å². The van der Waals surface area contributed by atoms with Gasteiger partial charge in [0.25, 0.3) is 0 Å². The van der Waals surface area contributed by atoms with Gasteiger partial charge in [-0.25, -0.2) is 0 Å². The van der Waals surface area contributed by atoms with E-state index < -0.39 is 0 Å². The number of quaternary nitrogens is 2. The van der Waals surface area contributed by atoms with Crippen LogP contribution in [-0.2, 0) is 38.1 Å². The molecular formula is C46H90N2O8+2. The number of hydrogen-bond acceptors (Lipinski definition) is 8. The zero-order valence-electron chi connectivity index (χ0n) is 37.6. The number of nitrogens with zero attached hydrogens (tertiary/aromatic N) is 2. The highest BCUT2D eigenvalue weighted by atomic mass is 16.5. The van der Waals surface area contributed by atoms with Crippen molar-refractivity contribution in [3.8, 4) is 0 Å². The molecule has 0 N–H and O–H groups in total. The Morgan fingerprint density at radius 2 is 0.554 bits per heavy atom. The Hall–Kier alpha value is -2.20. The average molecular weight is 799 g/mol. The molecule has 0 spiro atoms. The van der Waals surface area contributed by atoms with Crippen LogP contribution in [0.15, 0.2) is 0 Å². The molecule has 0 bridgehead atoms. The van der Waals surface area contributed by atoms with Crippen LogP contribution in [0, 0.1) is 0 Å². The van der Waals surface area contributed by atoms with Crippen LogP contribution in [0.3, 0.4) is 0 Å². The van der Waals surface area contributed by atoms with E-state index in [2.05, 4.69) is 28.2 Å². The summed E-state index contributed by atoms with van der Waals surface area (Å²) in [5.74, 6) is -0.492. The van der Waals surface area contributed by atoms with Crippen molar-refractivity contribution in [2.45, 2.75) is 194 Å². The van der Waals surface area contributed by atoms with Gasteiger partial charge in [0.1, 0.15) is 26.3 Å². The molecule has 0 aromatic rings. The Bertz CT molecular complexity index is 895. The predicted molar refractivity (Wildman–Crippen MR) is 228 cm³/mol. The second-order valence-corrected chi connectivity index (χ2v) is 17.6. The molecule has 0 unspecified atom stereocenters. The van der Waals surface area contributed by atoms with E-state index in [0.717, 1.165) is 99.4 Å². The van der Waals surface area contributed by atoms with E-state index in [1.165, 1.54) is 117 Å². The monoisotopic (exact) mass is 799 g/mol. The van der Waals surface area contributed by atoms with E-state index in [1.807, 2.05) is 0 Å². The molecule has 0 saturated heterocycles. The van der Waals surface area contributed by atoms with Crippen molar-refractivity contribution in [1.82, 2.24) is 0 Å². The third kappa shape index (κ3) is 41.4. The summed E-state index contributed by atoms with van der Waals surface area (Å²) in [6.07, 6.45) is 31.6. The third-order valence-electron chi connectivity index (χ3n) is 10.9. The number of hydrogen-bond donors (Lipinski definition) is 0. The Morgan fingerprint density at radius 3 is 0.839 bits per heavy atom. The Labute approximate surface area is 344 Å². The van der Waals surface area contributed by atoms with Gasteiger partial charge in [0.15, 0.2) is 0 Å². The van der Waals surface area contributed by atoms with Crippen molar-refractivity contribution in [3.05, 3.63) is 0 Å². The number of likely N-dealkylation sites (N-methyl/N-ethyl adjacent to an activating group) is 2. The van der Waals surface area contributed by atoms with Crippen LogP contribution in [0.25, 0.3) is 0 Å². The quantitative estimate of drug-likeness (QED) is 0.0261. The average Bonchev–Trinajstić information content (AvgIpc) is 3.12. The van der Waals surface area contributed by atoms with E-state index >= 15 is 0 Å². The molecule has 0 aromatic carbocycles. The molecule has 0 rings (SSSR count). The van der Waals surface area contributed by atoms with Crippen molar-refractivity contribution in [3.63, 3.8) is 0 Å². The maximum Gasteiger partial charge on any atom is 0.305 e. The van der Waals surface area contributed by atoms with Crippen molar-refractivity contribution >= 4 is 23.9 Å². The lowest BCUT2D eigenvalue weighted by Gasteiger charge is -2.29. The molecule has 10 heteroatoms. The normalized spacial score (nSPS) is 11.8. The van der Waals surface area contributed by atoms with E-state index in [-0.39, 0.29) is 23.9 Å². The first-order valence-electron chi connectivity index (χ1n) is 23.0. The lowest BCUT2D eigenvalue weighted by atomic mass is 10.1. The van der Waals surface area contributed by atoms with Crippen molar-refractivity contribution < 1.29 is 47.1 Å². The minimum Gasteiger partial charge on any atom is -0.466 e. The fourth-order valence-electron chi connectivity index (χ4n) is 6.97. The molecule has 0 aromatic heterocycles. The summed E-state index contributed by atoms with van der Waals surface area (Å²) in [5, 5.41) is 0. The van der Waals surface area contributed by atoms with E-state index in [9.17, 15) is 19.2 Å². The van der Waals surface area contributed by atoms with E-state index in [0.29, 0.717) is 39.3 Å². The van der Waals surface area contributed by atoms with Gasteiger partial charge < -0.3 is 27.9 Å². The smallest absolute Gasteiger partial charge is 0.305 e. The summed E-state index contributed by atoms with van der Waals surface area (Å²) >= 11 is 0. The second-order valence-electron chi connectivity index (χ2n) is 17.6. The topological polar surface area (TPSA) is 105 Å². The molecule has 0 heterocycles. The molecule has 0 amide bonds. The molecule has 0 radical (unpaired) electrons. The fourth-order valence-corrected chi connectivity index (χ4v) is 6.97. The summed E-state index contributed by atoms with van der Waals surface area (Å²) in [5.41, 5.74) is 0. The van der Waals surface area contributed by atoms with Gasteiger partial charge in [-0.2, -0.15) is 0 Å². The van der Waals surface area contributed by atoms with Crippen LogP contribution < -0.4 is 0 Å².